The Morgan fingerprint density at radius 1 is 1.28 bits per heavy atom. The van der Waals surface area contributed by atoms with Gasteiger partial charge < -0.3 is 9.47 Å². The van der Waals surface area contributed by atoms with Crippen LogP contribution in [0.1, 0.15) is 12.8 Å². The van der Waals surface area contributed by atoms with Crippen LogP contribution < -0.4 is 9.88 Å². The third-order valence-electron chi connectivity index (χ3n) is 2.23. The van der Waals surface area contributed by atoms with Gasteiger partial charge in [-0.25, -0.2) is 13.6 Å². The van der Waals surface area contributed by atoms with Crippen LogP contribution in [0.4, 0.5) is 0 Å². The molecule has 0 aliphatic rings. The molecular weight excluding hydrogens is 322 g/mol. The minimum absolute atomic E-state index is 0.0566. The van der Waals surface area contributed by atoms with E-state index in [4.69, 9.17) is 14.6 Å². The number of hydrogen-bond acceptors (Lipinski definition) is 4. The molecule has 0 unspecified atom stereocenters. The number of nitrogens with two attached hydrogens (primary N) is 1. The fraction of sp³-hybridized carbons (Fsp3) is 0.455. The van der Waals surface area contributed by atoms with E-state index >= 15 is 0 Å². The maximum absolute atomic E-state index is 11.1. The zero-order chi connectivity index (χ0) is 13.6. The van der Waals surface area contributed by atoms with Gasteiger partial charge in [-0.1, -0.05) is 0 Å². The number of hydrogen-bond donors (Lipinski definition) is 1. The fourth-order valence-corrected chi connectivity index (χ4v) is 2.49. The molecule has 0 radical (unpaired) electrons. The van der Waals surface area contributed by atoms with Gasteiger partial charge in [0, 0.05) is 13.7 Å². The molecule has 0 aliphatic carbocycles. The Kier molecular flexibility index (Phi) is 6.07. The van der Waals surface area contributed by atoms with Crippen LogP contribution in [0.5, 0.6) is 5.75 Å². The van der Waals surface area contributed by atoms with Crippen molar-refractivity contribution in [3.8, 4) is 5.75 Å². The van der Waals surface area contributed by atoms with Gasteiger partial charge in [0.1, 0.15) is 5.75 Å². The summed E-state index contributed by atoms with van der Waals surface area (Å²) < 4.78 is 33.3. The third kappa shape index (κ3) is 4.93. The second kappa shape index (κ2) is 7.08. The monoisotopic (exact) mass is 337 g/mol. The summed E-state index contributed by atoms with van der Waals surface area (Å²) in [7, 11) is -2.02. The molecular formula is C11H16BrNO4S. The van der Waals surface area contributed by atoms with Gasteiger partial charge in [-0.3, -0.25) is 0 Å². The molecule has 0 aliphatic heterocycles. The highest BCUT2D eigenvalue weighted by molar-refractivity contribution is 9.10. The van der Waals surface area contributed by atoms with Crippen molar-refractivity contribution in [3.05, 3.63) is 22.7 Å². The molecule has 1 aromatic rings. The molecule has 102 valence electrons. The second-order valence-corrected chi connectivity index (χ2v) is 6.10. The van der Waals surface area contributed by atoms with Gasteiger partial charge in [-0.2, -0.15) is 0 Å². The first-order valence-electron chi connectivity index (χ1n) is 5.39. The maximum atomic E-state index is 11.1. The van der Waals surface area contributed by atoms with E-state index < -0.39 is 10.0 Å². The van der Waals surface area contributed by atoms with E-state index in [0.717, 1.165) is 12.8 Å². The number of primary sulfonamides is 1. The largest absolute Gasteiger partial charge is 0.492 e. The van der Waals surface area contributed by atoms with Crippen LogP contribution in [0, 0.1) is 0 Å². The minimum Gasteiger partial charge on any atom is -0.492 e. The molecule has 0 amide bonds. The van der Waals surface area contributed by atoms with Crippen LogP contribution in [0.3, 0.4) is 0 Å². The topological polar surface area (TPSA) is 78.6 Å². The zero-order valence-corrected chi connectivity index (χ0v) is 12.5. The van der Waals surface area contributed by atoms with E-state index in [9.17, 15) is 8.42 Å². The van der Waals surface area contributed by atoms with Crippen molar-refractivity contribution in [1.29, 1.82) is 0 Å². The molecule has 0 aromatic heterocycles. The van der Waals surface area contributed by atoms with E-state index in [0.29, 0.717) is 23.4 Å². The van der Waals surface area contributed by atoms with E-state index in [2.05, 4.69) is 15.9 Å². The highest BCUT2D eigenvalue weighted by atomic mass is 79.9. The SMILES string of the molecule is COCCCCOc1ccc(S(N)(=O)=O)cc1Br. The van der Waals surface area contributed by atoms with Gasteiger partial charge in [0.05, 0.1) is 16.0 Å². The third-order valence-corrected chi connectivity index (χ3v) is 3.76. The Hall–Kier alpha value is -0.630. The number of methoxy groups -OCH3 is 1. The van der Waals surface area contributed by atoms with Gasteiger partial charge in [-0.05, 0) is 47.0 Å². The summed E-state index contributed by atoms with van der Waals surface area (Å²) in [5.41, 5.74) is 0. The number of sulfonamides is 1. The van der Waals surface area contributed by atoms with Gasteiger partial charge in [-0.15, -0.1) is 0 Å². The molecule has 0 atom stereocenters. The first-order valence-corrected chi connectivity index (χ1v) is 7.73. The number of halogens is 1. The van der Waals surface area contributed by atoms with Crippen molar-refractivity contribution < 1.29 is 17.9 Å². The average molecular weight is 338 g/mol. The molecule has 2 N–H and O–H groups in total. The van der Waals surface area contributed by atoms with Crippen LogP contribution in [-0.4, -0.2) is 28.7 Å². The van der Waals surface area contributed by atoms with Crippen LogP contribution in [-0.2, 0) is 14.8 Å². The lowest BCUT2D eigenvalue weighted by atomic mass is 10.3. The smallest absolute Gasteiger partial charge is 0.238 e. The molecule has 18 heavy (non-hydrogen) atoms. The maximum Gasteiger partial charge on any atom is 0.238 e. The standard InChI is InChI=1S/C11H16BrNO4S/c1-16-6-2-3-7-17-11-5-4-9(8-10(11)12)18(13,14)15/h4-5,8H,2-3,6-7H2,1H3,(H2,13,14,15). The molecule has 0 bridgehead atoms. The summed E-state index contributed by atoms with van der Waals surface area (Å²) in [5, 5.41) is 5.03. The van der Waals surface area contributed by atoms with Crippen LogP contribution >= 0.6 is 15.9 Å². The molecule has 0 fully saturated rings. The first kappa shape index (κ1) is 15.4. The average Bonchev–Trinajstić information content (AvgIpc) is 2.29. The predicted molar refractivity (Wildman–Crippen MR) is 72.1 cm³/mol. The van der Waals surface area contributed by atoms with Gasteiger partial charge >= 0.3 is 0 Å². The van der Waals surface area contributed by atoms with E-state index in [-0.39, 0.29) is 4.90 Å². The Labute approximate surface area is 115 Å². The molecule has 5 nitrogen and oxygen atoms in total. The van der Waals surface area contributed by atoms with Crippen LogP contribution in [0.15, 0.2) is 27.6 Å². The summed E-state index contributed by atoms with van der Waals surface area (Å²) in [6, 6.07) is 4.44. The van der Waals surface area contributed by atoms with Crippen molar-refractivity contribution in [2.24, 2.45) is 5.14 Å². The van der Waals surface area contributed by atoms with Crippen molar-refractivity contribution in [2.75, 3.05) is 20.3 Å². The molecule has 0 saturated heterocycles. The van der Waals surface area contributed by atoms with E-state index in [1.165, 1.54) is 12.1 Å². The van der Waals surface area contributed by atoms with Crippen LogP contribution in [0.2, 0.25) is 0 Å². The first-order chi connectivity index (χ1) is 8.45. The Balaban J connectivity index is 2.58. The van der Waals surface area contributed by atoms with Gasteiger partial charge in [0.2, 0.25) is 10.0 Å². The Bertz CT molecular complexity index is 490. The second-order valence-electron chi connectivity index (χ2n) is 3.69. The molecule has 1 aromatic carbocycles. The summed E-state index contributed by atoms with van der Waals surface area (Å²) in [6.45, 7) is 1.26. The quantitative estimate of drug-likeness (QED) is 0.770. The van der Waals surface area contributed by atoms with Gasteiger partial charge in [0.15, 0.2) is 0 Å². The van der Waals surface area contributed by atoms with Crippen molar-refractivity contribution in [1.82, 2.24) is 0 Å². The van der Waals surface area contributed by atoms with Crippen molar-refractivity contribution >= 4 is 26.0 Å². The molecule has 0 spiro atoms. The molecule has 0 heterocycles. The van der Waals surface area contributed by atoms with Gasteiger partial charge in [0.25, 0.3) is 0 Å². The highest BCUT2D eigenvalue weighted by Crippen LogP contribution is 2.27. The number of ether oxygens (including phenoxy) is 2. The predicted octanol–water partition coefficient (Wildman–Crippen LogP) is 1.90. The zero-order valence-electron chi connectivity index (χ0n) is 10.1. The van der Waals surface area contributed by atoms with E-state index in [1.807, 2.05) is 0 Å². The molecule has 1 rings (SSSR count). The lowest BCUT2D eigenvalue weighted by Crippen LogP contribution is -2.12. The normalized spacial score (nSPS) is 11.5. The summed E-state index contributed by atoms with van der Waals surface area (Å²) in [4.78, 5) is 0.0566. The number of rotatable bonds is 7. The molecule has 0 saturated carbocycles. The highest BCUT2D eigenvalue weighted by Gasteiger charge is 2.10. The summed E-state index contributed by atoms with van der Waals surface area (Å²) in [5.74, 6) is 0.597. The lowest BCUT2D eigenvalue weighted by molar-refractivity contribution is 0.184. The number of benzene rings is 1. The minimum atomic E-state index is -3.68. The van der Waals surface area contributed by atoms with Crippen LogP contribution in [0.25, 0.3) is 0 Å². The Morgan fingerprint density at radius 2 is 1.94 bits per heavy atom. The number of unbranched alkanes of at least 4 members (excludes halogenated alkanes) is 1. The van der Waals surface area contributed by atoms with Crippen molar-refractivity contribution in [2.45, 2.75) is 17.7 Å². The Morgan fingerprint density at radius 3 is 2.50 bits per heavy atom. The summed E-state index contributed by atoms with van der Waals surface area (Å²) in [6.07, 6.45) is 1.79. The molecule has 7 heteroatoms. The fourth-order valence-electron chi connectivity index (χ4n) is 1.31. The van der Waals surface area contributed by atoms with Crippen molar-refractivity contribution in [3.63, 3.8) is 0 Å². The lowest BCUT2D eigenvalue weighted by Gasteiger charge is -2.09. The summed E-state index contributed by atoms with van der Waals surface area (Å²) >= 11 is 3.25. The van der Waals surface area contributed by atoms with E-state index in [1.54, 1.807) is 13.2 Å².